The van der Waals surface area contributed by atoms with Gasteiger partial charge in [0.2, 0.25) is 0 Å². The summed E-state index contributed by atoms with van der Waals surface area (Å²) in [6.45, 7) is 4.43. The number of likely N-dealkylation sites (tertiary alicyclic amines) is 1. The number of carbonyl (C=O) groups is 1. The molecule has 2 rings (SSSR count). The molecule has 0 radical (unpaired) electrons. The van der Waals surface area contributed by atoms with Crippen LogP contribution in [0.15, 0.2) is 18.2 Å². The summed E-state index contributed by atoms with van der Waals surface area (Å²) >= 11 is 5.90. The van der Waals surface area contributed by atoms with E-state index in [2.05, 4.69) is 0 Å². The van der Waals surface area contributed by atoms with Crippen molar-refractivity contribution < 1.29 is 14.6 Å². The van der Waals surface area contributed by atoms with E-state index >= 15 is 0 Å². The van der Waals surface area contributed by atoms with Crippen LogP contribution in [0.4, 0.5) is 0 Å². The van der Waals surface area contributed by atoms with Gasteiger partial charge in [-0.15, -0.1) is 0 Å². The van der Waals surface area contributed by atoms with Crippen LogP contribution in [0, 0.1) is 6.92 Å². The Hall–Kier alpha value is -1.26. The van der Waals surface area contributed by atoms with Crippen molar-refractivity contribution in [2.24, 2.45) is 0 Å². The van der Waals surface area contributed by atoms with Crippen molar-refractivity contribution in [3.05, 3.63) is 28.8 Å². The summed E-state index contributed by atoms with van der Waals surface area (Å²) in [6, 6.07) is 5.48. The number of ether oxygens (including phenoxy) is 1. The van der Waals surface area contributed by atoms with Gasteiger partial charge in [-0.05, 0) is 56.9 Å². The van der Waals surface area contributed by atoms with Crippen LogP contribution in [-0.4, -0.2) is 41.2 Å². The Morgan fingerprint density at radius 2 is 2.33 bits per heavy atom. The Morgan fingerprint density at radius 1 is 1.57 bits per heavy atom. The predicted molar refractivity (Wildman–Crippen MR) is 82.7 cm³/mol. The topological polar surface area (TPSA) is 49.8 Å². The number of aliphatic hydroxyl groups is 1. The molecule has 0 spiro atoms. The number of hydrogen-bond acceptors (Lipinski definition) is 3. The van der Waals surface area contributed by atoms with Gasteiger partial charge >= 0.3 is 0 Å². The minimum Gasteiger partial charge on any atom is -0.483 e. The zero-order chi connectivity index (χ0) is 15.4. The van der Waals surface area contributed by atoms with Crippen LogP contribution in [-0.2, 0) is 4.79 Å². The van der Waals surface area contributed by atoms with E-state index in [1.54, 1.807) is 19.1 Å². The molecule has 1 amide bonds. The number of aryl methyl sites for hydroxylation is 1. The Balaban J connectivity index is 1.92. The summed E-state index contributed by atoms with van der Waals surface area (Å²) in [5.41, 5.74) is 0.914. The lowest BCUT2D eigenvalue weighted by Crippen LogP contribution is -2.40. The molecule has 1 saturated heterocycles. The highest BCUT2D eigenvalue weighted by atomic mass is 35.5. The lowest BCUT2D eigenvalue weighted by Gasteiger charge is -2.25. The summed E-state index contributed by atoms with van der Waals surface area (Å²) < 4.78 is 5.61. The fourth-order valence-electron chi connectivity index (χ4n) is 2.80. The largest absolute Gasteiger partial charge is 0.483 e. The smallest absolute Gasteiger partial charge is 0.260 e. The van der Waals surface area contributed by atoms with Crippen LogP contribution in [0.25, 0.3) is 0 Å². The first-order valence-electron chi connectivity index (χ1n) is 7.34. The molecule has 1 aliphatic rings. The molecule has 1 aromatic carbocycles. The lowest BCUT2D eigenvalue weighted by molar-refractivity contribution is -0.134. The summed E-state index contributed by atoms with van der Waals surface area (Å²) in [5, 5.41) is 10.2. The molecule has 0 saturated carbocycles. The van der Waals surface area contributed by atoms with Gasteiger partial charge in [0.1, 0.15) is 5.75 Å². The second kappa shape index (κ2) is 7.14. The van der Waals surface area contributed by atoms with E-state index in [1.165, 1.54) is 0 Å². The number of carbonyl (C=O) groups excluding carboxylic acids is 1. The van der Waals surface area contributed by atoms with E-state index in [0.29, 0.717) is 17.2 Å². The van der Waals surface area contributed by atoms with E-state index in [0.717, 1.165) is 24.9 Å². The minimum atomic E-state index is -0.386. The monoisotopic (exact) mass is 311 g/mol. The average Bonchev–Trinajstić information content (AvgIpc) is 2.84. The number of amides is 1. The quantitative estimate of drug-likeness (QED) is 0.909. The Morgan fingerprint density at radius 3 is 3.00 bits per heavy atom. The first-order chi connectivity index (χ1) is 9.97. The van der Waals surface area contributed by atoms with E-state index in [4.69, 9.17) is 16.3 Å². The summed E-state index contributed by atoms with van der Waals surface area (Å²) in [7, 11) is 0. The molecule has 2 atom stereocenters. The van der Waals surface area contributed by atoms with Gasteiger partial charge in [-0.2, -0.15) is 0 Å². The fraction of sp³-hybridized carbons (Fsp3) is 0.562. The number of benzene rings is 1. The molecule has 0 aliphatic carbocycles. The van der Waals surface area contributed by atoms with E-state index in [1.807, 2.05) is 17.9 Å². The van der Waals surface area contributed by atoms with E-state index in [9.17, 15) is 9.90 Å². The first-order valence-corrected chi connectivity index (χ1v) is 7.71. The number of hydrogen-bond donors (Lipinski definition) is 1. The zero-order valence-electron chi connectivity index (χ0n) is 12.5. The van der Waals surface area contributed by atoms with Crippen LogP contribution in [0.1, 0.15) is 31.7 Å². The summed E-state index contributed by atoms with van der Waals surface area (Å²) in [6.07, 6.45) is 2.19. The second-order valence-corrected chi connectivity index (χ2v) is 6.10. The van der Waals surface area contributed by atoms with Gasteiger partial charge in [-0.1, -0.05) is 11.6 Å². The number of halogens is 1. The molecule has 21 heavy (non-hydrogen) atoms. The fourth-order valence-corrected chi connectivity index (χ4v) is 3.03. The van der Waals surface area contributed by atoms with Gasteiger partial charge in [-0.25, -0.2) is 0 Å². The van der Waals surface area contributed by atoms with Crippen molar-refractivity contribution in [2.45, 2.75) is 45.3 Å². The highest BCUT2D eigenvalue weighted by Crippen LogP contribution is 2.24. The SMILES string of the molecule is Cc1cc(Cl)ccc1OCC(=O)N1CCCC1CC(C)O. The third-order valence-corrected chi connectivity index (χ3v) is 4.03. The molecule has 1 fully saturated rings. The average molecular weight is 312 g/mol. The minimum absolute atomic E-state index is 0.0208. The third kappa shape index (κ3) is 4.35. The van der Waals surface area contributed by atoms with Crippen LogP contribution in [0.3, 0.4) is 0 Å². The predicted octanol–water partition coefficient (Wildman–Crippen LogP) is 2.79. The first kappa shape index (κ1) is 16.1. The maximum atomic E-state index is 12.3. The van der Waals surface area contributed by atoms with Gasteiger partial charge < -0.3 is 14.7 Å². The van der Waals surface area contributed by atoms with E-state index < -0.39 is 0 Å². The van der Waals surface area contributed by atoms with Crippen LogP contribution >= 0.6 is 11.6 Å². The number of aliphatic hydroxyl groups excluding tert-OH is 1. The van der Waals surface area contributed by atoms with Gasteiger partial charge in [0.15, 0.2) is 6.61 Å². The van der Waals surface area contributed by atoms with Crippen molar-refractivity contribution >= 4 is 17.5 Å². The van der Waals surface area contributed by atoms with E-state index in [-0.39, 0.29) is 24.7 Å². The molecule has 116 valence electrons. The highest BCUT2D eigenvalue weighted by Gasteiger charge is 2.29. The van der Waals surface area contributed by atoms with Crippen LogP contribution in [0.2, 0.25) is 5.02 Å². The Kier molecular flexibility index (Phi) is 5.48. The molecular formula is C16H22ClNO3. The molecule has 1 aliphatic heterocycles. The van der Waals surface area contributed by atoms with Gasteiger partial charge in [0, 0.05) is 17.6 Å². The number of nitrogens with zero attached hydrogens (tertiary/aromatic N) is 1. The molecule has 1 aromatic rings. The molecule has 4 nitrogen and oxygen atoms in total. The summed E-state index contributed by atoms with van der Waals surface area (Å²) in [5.74, 6) is 0.659. The molecule has 1 N–H and O–H groups in total. The number of rotatable bonds is 5. The van der Waals surface area contributed by atoms with Gasteiger partial charge in [-0.3, -0.25) is 4.79 Å². The summed E-state index contributed by atoms with van der Waals surface area (Å²) in [4.78, 5) is 14.1. The van der Waals surface area contributed by atoms with Crippen LogP contribution in [0.5, 0.6) is 5.75 Å². The second-order valence-electron chi connectivity index (χ2n) is 5.67. The molecule has 0 bridgehead atoms. The molecular weight excluding hydrogens is 290 g/mol. The standard InChI is InChI=1S/C16H22ClNO3/c1-11-8-13(17)5-6-15(11)21-10-16(20)18-7-3-4-14(18)9-12(2)19/h5-6,8,12,14,19H,3-4,7,9-10H2,1-2H3. The molecule has 1 heterocycles. The van der Waals surface area contributed by atoms with Crippen molar-refractivity contribution in [2.75, 3.05) is 13.2 Å². The van der Waals surface area contributed by atoms with Crippen molar-refractivity contribution in [1.29, 1.82) is 0 Å². The molecule has 2 unspecified atom stereocenters. The van der Waals surface area contributed by atoms with Crippen molar-refractivity contribution in [3.8, 4) is 5.75 Å². The Bertz CT molecular complexity index is 504. The lowest BCUT2D eigenvalue weighted by atomic mass is 10.1. The Labute approximate surface area is 130 Å². The normalized spacial score (nSPS) is 19.6. The van der Waals surface area contributed by atoms with Gasteiger partial charge in [0.25, 0.3) is 5.91 Å². The maximum absolute atomic E-state index is 12.3. The van der Waals surface area contributed by atoms with Crippen molar-refractivity contribution in [1.82, 2.24) is 4.90 Å². The van der Waals surface area contributed by atoms with Crippen LogP contribution < -0.4 is 4.74 Å². The molecule has 0 aromatic heterocycles. The molecule has 5 heteroatoms. The maximum Gasteiger partial charge on any atom is 0.260 e. The zero-order valence-corrected chi connectivity index (χ0v) is 13.3. The van der Waals surface area contributed by atoms with Crippen molar-refractivity contribution in [3.63, 3.8) is 0 Å². The third-order valence-electron chi connectivity index (χ3n) is 3.80. The highest BCUT2D eigenvalue weighted by molar-refractivity contribution is 6.30. The van der Waals surface area contributed by atoms with Gasteiger partial charge in [0.05, 0.1) is 6.10 Å².